The van der Waals surface area contributed by atoms with Gasteiger partial charge in [0.15, 0.2) is 0 Å². The van der Waals surface area contributed by atoms with Crippen LogP contribution in [0.1, 0.15) is 16.3 Å². The van der Waals surface area contributed by atoms with Gasteiger partial charge in [0.05, 0.1) is 11.1 Å². The maximum atomic E-state index is 4.71. The topological polar surface area (TPSA) is 50.7 Å². The molecule has 3 aromatic rings. The minimum absolute atomic E-state index is 0.755. The van der Waals surface area contributed by atoms with Crippen LogP contribution in [-0.2, 0) is 5.75 Å². The number of rotatable bonds is 4. The molecule has 21 heavy (non-hydrogen) atoms. The van der Waals surface area contributed by atoms with Gasteiger partial charge in [-0.1, -0.05) is 0 Å². The van der Waals surface area contributed by atoms with Crippen LogP contribution in [0.5, 0.6) is 0 Å². The zero-order valence-electron chi connectivity index (χ0n) is 12.2. The third kappa shape index (κ3) is 2.87. The highest BCUT2D eigenvalue weighted by Crippen LogP contribution is 2.33. The number of aromatic nitrogens is 3. The number of anilines is 1. The molecule has 4 nitrogen and oxygen atoms in total. The summed E-state index contributed by atoms with van der Waals surface area (Å²) in [6.07, 6.45) is 3.61. The second-order valence-electron chi connectivity index (χ2n) is 4.67. The van der Waals surface area contributed by atoms with E-state index in [4.69, 9.17) is 4.98 Å². The molecule has 108 valence electrons. The lowest BCUT2D eigenvalue weighted by atomic mass is 10.2. The van der Waals surface area contributed by atoms with Crippen molar-refractivity contribution in [1.82, 2.24) is 15.0 Å². The summed E-state index contributed by atoms with van der Waals surface area (Å²) in [5.74, 6) is 2.53. The van der Waals surface area contributed by atoms with E-state index in [1.165, 1.54) is 15.3 Å². The van der Waals surface area contributed by atoms with Gasteiger partial charge in [0.1, 0.15) is 16.5 Å². The van der Waals surface area contributed by atoms with Crippen molar-refractivity contribution in [2.45, 2.75) is 24.5 Å². The molecule has 3 aromatic heterocycles. The number of pyridine rings is 1. The Bertz CT molecular complexity index is 768. The van der Waals surface area contributed by atoms with Crippen LogP contribution in [-0.4, -0.2) is 22.0 Å². The lowest BCUT2D eigenvalue weighted by Crippen LogP contribution is -2.00. The Morgan fingerprint density at radius 3 is 2.67 bits per heavy atom. The van der Waals surface area contributed by atoms with Gasteiger partial charge in [-0.05, 0) is 31.5 Å². The first-order chi connectivity index (χ1) is 10.2. The van der Waals surface area contributed by atoms with E-state index in [1.54, 1.807) is 35.5 Å². The normalized spacial score (nSPS) is 11.0. The van der Waals surface area contributed by atoms with Crippen molar-refractivity contribution in [2.24, 2.45) is 0 Å². The molecule has 0 atom stereocenters. The zero-order chi connectivity index (χ0) is 14.8. The Hall–Kier alpha value is -1.66. The van der Waals surface area contributed by atoms with Gasteiger partial charge in [0.25, 0.3) is 0 Å². The summed E-state index contributed by atoms with van der Waals surface area (Å²) < 4.78 is 0. The Labute approximate surface area is 132 Å². The van der Waals surface area contributed by atoms with E-state index >= 15 is 0 Å². The van der Waals surface area contributed by atoms with E-state index in [0.29, 0.717) is 0 Å². The molecule has 6 heteroatoms. The van der Waals surface area contributed by atoms with Crippen molar-refractivity contribution in [2.75, 3.05) is 12.4 Å². The van der Waals surface area contributed by atoms with Crippen LogP contribution in [0.4, 0.5) is 5.82 Å². The number of thiophene rings is 1. The van der Waals surface area contributed by atoms with Crippen LogP contribution in [0.25, 0.3) is 10.2 Å². The van der Waals surface area contributed by atoms with Crippen LogP contribution in [0.2, 0.25) is 0 Å². The summed E-state index contributed by atoms with van der Waals surface area (Å²) in [4.78, 5) is 16.9. The quantitative estimate of drug-likeness (QED) is 0.736. The maximum absolute atomic E-state index is 4.71. The van der Waals surface area contributed by atoms with Crippen molar-refractivity contribution in [3.8, 4) is 0 Å². The van der Waals surface area contributed by atoms with Crippen LogP contribution in [0.15, 0.2) is 29.4 Å². The van der Waals surface area contributed by atoms with Gasteiger partial charge < -0.3 is 5.32 Å². The molecule has 0 saturated heterocycles. The molecule has 1 N–H and O–H groups in total. The Kier molecular flexibility index (Phi) is 4.07. The van der Waals surface area contributed by atoms with Gasteiger partial charge >= 0.3 is 0 Å². The standard InChI is InChI=1S/C15H16N4S2/c1-9-10(2)21-15-13(9)14(16-3)18-12(19-15)8-20-11-4-6-17-7-5-11/h4-7H,8H2,1-3H3,(H,16,18,19). The minimum atomic E-state index is 0.755. The zero-order valence-corrected chi connectivity index (χ0v) is 13.8. The first-order valence-corrected chi connectivity index (χ1v) is 8.46. The van der Waals surface area contributed by atoms with E-state index < -0.39 is 0 Å². The maximum Gasteiger partial charge on any atom is 0.142 e. The average molecular weight is 316 g/mol. The van der Waals surface area contributed by atoms with Crippen LogP contribution in [0, 0.1) is 13.8 Å². The van der Waals surface area contributed by atoms with Crippen molar-refractivity contribution < 1.29 is 0 Å². The number of hydrogen-bond donors (Lipinski definition) is 1. The molecule has 0 aliphatic carbocycles. The Balaban J connectivity index is 1.93. The number of hydrogen-bond acceptors (Lipinski definition) is 6. The fourth-order valence-corrected chi connectivity index (χ4v) is 3.91. The second kappa shape index (κ2) is 5.99. The van der Waals surface area contributed by atoms with Crippen molar-refractivity contribution in [3.05, 3.63) is 40.8 Å². The lowest BCUT2D eigenvalue weighted by Gasteiger charge is -2.06. The molecule has 3 heterocycles. The van der Waals surface area contributed by atoms with Crippen molar-refractivity contribution in [3.63, 3.8) is 0 Å². The Morgan fingerprint density at radius 1 is 1.19 bits per heavy atom. The average Bonchev–Trinajstić information content (AvgIpc) is 2.80. The van der Waals surface area contributed by atoms with E-state index in [0.717, 1.165) is 27.6 Å². The highest BCUT2D eigenvalue weighted by molar-refractivity contribution is 7.98. The van der Waals surface area contributed by atoms with Gasteiger partial charge in [0.2, 0.25) is 0 Å². The van der Waals surface area contributed by atoms with E-state index in [-0.39, 0.29) is 0 Å². The van der Waals surface area contributed by atoms with E-state index in [9.17, 15) is 0 Å². The van der Waals surface area contributed by atoms with Crippen molar-refractivity contribution in [1.29, 1.82) is 0 Å². The predicted molar refractivity (Wildman–Crippen MR) is 90.2 cm³/mol. The van der Waals surface area contributed by atoms with Crippen LogP contribution >= 0.6 is 23.1 Å². The largest absolute Gasteiger partial charge is 0.372 e. The molecule has 0 amide bonds. The van der Waals surface area contributed by atoms with Crippen molar-refractivity contribution >= 4 is 39.1 Å². The molecule has 0 aliphatic rings. The number of aryl methyl sites for hydroxylation is 2. The smallest absolute Gasteiger partial charge is 0.142 e. The summed E-state index contributed by atoms with van der Waals surface area (Å²) in [6, 6.07) is 4.00. The predicted octanol–water partition coefficient (Wildman–Crippen LogP) is 4.04. The molecule has 0 fully saturated rings. The summed E-state index contributed by atoms with van der Waals surface area (Å²) in [5.41, 5.74) is 1.27. The highest BCUT2D eigenvalue weighted by Gasteiger charge is 2.13. The Morgan fingerprint density at radius 2 is 1.95 bits per heavy atom. The molecule has 0 unspecified atom stereocenters. The van der Waals surface area contributed by atoms with Gasteiger partial charge in [-0.15, -0.1) is 23.1 Å². The fraction of sp³-hybridized carbons (Fsp3) is 0.267. The molecule has 0 aromatic carbocycles. The second-order valence-corrected chi connectivity index (χ2v) is 6.93. The molecule has 0 bridgehead atoms. The van der Waals surface area contributed by atoms with E-state index in [2.05, 4.69) is 29.1 Å². The highest BCUT2D eigenvalue weighted by atomic mass is 32.2. The van der Waals surface area contributed by atoms with Gasteiger partial charge in [-0.2, -0.15) is 0 Å². The number of nitrogens with zero attached hydrogens (tertiary/aromatic N) is 3. The summed E-state index contributed by atoms with van der Waals surface area (Å²) in [7, 11) is 1.91. The molecule has 0 spiro atoms. The van der Waals surface area contributed by atoms with Gasteiger partial charge in [-0.25, -0.2) is 9.97 Å². The molecule has 0 radical (unpaired) electrons. The molecule has 0 aliphatic heterocycles. The van der Waals surface area contributed by atoms with E-state index in [1.807, 2.05) is 19.2 Å². The van der Waals surface area contributed by atoms with Gasteiger partial charge in [-0.3, -0.25) is 4.98 Å². The van der Waals surface area contributed by atoms with Gasteiger partial charge in [0, 0.05) is 29.2 Å². The molecular formula is C15H16N4S2. The summed E-state index contributed by atoms with van der Waals surface area (Å²) >= 11 is 3.46. The summed E-state index contributed by atoms with van der Waals surface area (Å²) in [6.45, 7) is 4.26. The number of fused-ring (bicyclic) bond motifs is 1. The van der Waals surface area contributed by atoms with Crippen LogP contribution in [0.3, 0.4) is 0 Å². The molecular weight excluding hydrogens is 300 g/mol. The molecule has 3 rings (SSSR count). The summed E-state index contributed by atoms with van der Waals surface area (Å²) in [5, 5.41) is 4.35. The fourth-order valence-electron chi connectivity index (χ4n) is 2.12. The van der Waals surface area contributed by atoms with Crippen LogP contribution < -0.4 is 5.32 Å². The lowest BCUT2D eigenvalue weighted by molar-refractivity contribution is 1.07. The SMILES string of the molecule is CNc1nc(CSc2ccncc2)nc2sc(C)c(C)c12. The first-order valence-electron chi connectivity index (χ1n) is 6.66. The number of nitrogens with one attached hydrogen (secondary N) is 1. The molecule has 0 saturated carbocycles. The number of thioether (sulfide) groups is 1. The first kappa shape index (κ1) is 14.3. The third-order valence-electron chi connectivity index (χ3n) is 3.33. The third-order valence-corrected chi connectivity index (χ3v) is 5.44. The minimum Gasteiger partial charge on any atom is -0.372 e. The monoisotopic (exact) mass is 316 g/mol.